The zero-order chi connectivity index (χ0) is 21.9. The fourth-order valence-corrected chi connectivity index (χ4v) is 4.37. The number of hydrogen-bond acceptors (Lipinski definition) is 6. The molecule has 0 atom stereocenters. The van der Waals surface area contributed by atoms with Gasteiger partial charge in [-0.2, -0.15) is 10.2 Å². The second-order valence-corrected chi connectivity index (χ2v) is 8.10. The van der Waals surface area contributed by atoms with Crippen LogP contribution < -0.4 is 14.3 Å². The van der Waals surface area contributed by atoms with Gasteiger partial charge in [-0.05, 0) is 44.2 Å². The van der Waals surface area contributed by atoms with E-state index in [9.17, 15) is 0 Å². The number of thiazole rings is 1. The van der Waals surface area contributed by atoms with E-state index in [1.54, 1.807) is 11.3 Å². The average Bonchev–Trinajstić information content (AvgIpc) is 3.42. The first kappa shape index (κ1) is 20.3. The van der Waals surface area contributed by atoms with E-state index in [4.69, 9.17) is 19.7 Å². The summed E-state index contributed by atoms with van der Waals surface area (Å²) >= 11 is 1.59. The normalized spacial score (nSPS) is 13.8. The van der Waals surface area contributed by atoms with Gasteiger partial charge in [-0.15, -0.1) is 11.3 Å². The molecule has 32 heavy (non-hydrogen) atoms. The summed E-state index contributed by atoms with van der Waals surface area (Å²) in [5.74, 6) is 1.49. The van der Waals surface area contributed by atoms with E-state index in [2.05, 4.69) is 10.4 Å². The fraction of sp³-hybridized carbons (Fsp3) is 0.208. The monoisotopic (exact) mass is 445 g/mol. The van der Waals surface area contributed by atoms with E-state index in [1.807, 2.05) is 84.1 Å². The van der Waals surface area contributed by atoms with Gasteiger partial charge in [0.1, 0.15) is 18.9 Å². The van der Waals surface area contributed by atoms with Gasteiger partial charge in [-0.1, -0.05) is 18.2 Å². The summed E-state index contributed by atoms with van der Waals surface area (Å²) in [5, 5.41) is 11.7. The van der Waals surface area contributed by atoms with Crippen LogP contribution in [-0.2, 0) is 0 Å². The van der Waals surface area contributed by atoms with Gasteiger partial charge in [-0.25, -0.2) is 9.36 Å². The lowest BCUT2D eigenvalue weighted by Crippen LogP contribution is -2.15. The molecule has 4 aromatic rings. The van der Waals surface area contributed by atoms with E-state index in [-0.39, 0.29) is 0 Å². The lowest BCUT2D eigenvalue weighted by atomic mass is 10.1. The highest BCUT2D eigenvalue weighted by Crippen LogP contribution is 2.35. The van der Waals surface area contributed by atoms with Crippen LogP contribution in [0.5, 0.6) is 11.5 Å². The Balaban J connectivity index is 1.61. The first-order chi connectivity index (χ1) is 15.7. The molecule has 5 rings (SSSR count). The molecule has 162 valence electrons. The Labute approximate surface area is 189 Å². The van der Waals surface area contributed by atoms with E-state index in [0.717, 1.165) is 44.5 Å². The van der Waals surface area contributed by atoms with Crippen molar-refractivity contribution < 1.29 is 9.47 Å². The Hall–Kier alpha value is -3.65. The molecule has 8 heteroatoms. The van der Waals surface area contributed by atoms with Gasteiger partial charge in [0, 0.05) is 29.2 Å². The van der Waals surface area contributed by atoms with Gasteiger partial charge >= 0.3 is 0 Å². The highest BCUT2D eigenvalue weighted by molar-refractivity contribution is 7.07. The van der Waals surface area contributed by atoms with Crippen molar-refractivity contribution >= 4 is 17.6 Å². The Morgan fingerprint density at radius 3 is 2.72 bits per heavy atom. The second-order valence-electron chi connectivity index (χ2n) is 7.26. The summed E-state index contributed by atoms with van der Waals surface area (Å²) in [6.07, 6.45) is 3.83. The number of benzene rings is 2. The van der Waals surface area contributed by atoms with Crippen LogP contribution in [0.1, 0.15) is 18.2 Å². The number of ether oxygens (including phenoxy) is 2. The fourth-order valence-electron chi connectivity index (χ4n) is 3.50. The highest BCUT2D eigenvalue weighted by atomic mass is 32.1. The molecule has 1 aliphatic rings. The highest BCUT2D eigenvalue weighted by Gasteiger charge is 2.17. The van der Waals surface area contributed by atoms with E-state index in [0.29, 0.717) is 19.8 Å². The van der Waals surface area contributed by atoms with Crippen LogP contribution in [0.4, 0.5) is 0 Å². The minimum Gasteiger partial charge on any atom is -0.486 e. The minimum absolute atomic E-state index is 0.543. The Morgan fingerprint density at radius 1 is 1.09 bits per heavy atom. The molecule has 0 saturated heterocycles. The predicted molar refractivity (Wildman–Crippen MR) is 126 cm³/mol. The summed E-state index contributed by atoms with van der Waals surface area (Å²) in [5.41, 5.74) is 4.67. The van der Waals surface area contributed by atoms with Crippen LogP contribution in [0.2, 0.25) is 0 Å². The predicted octanol–water partition coefficient (Wildman–Crippen LogP) is 4.28. The zero-order valence-corrected chi connectivity index (χ0v) is 18.7. The molecule has 0 aliphatic carbocycles. The quantitative estimate of drug-likeness (QED) is 0.431. The first-order valence-corrected chi connectivity index (χ1v) is 11.4. The zero-order valence-electron chi connectivity index (χ0n) is 17.9. The number of nitrogens with zero attached hydrogens (tertiary/aromatic N) is 5. The summed E-state index contributed by atoms with van der Waals surface area (Å²) in [6, 6.07) is 16.0. The molecule has 0 bridgehead atoms. The number of para-hydroxylation sites is 1. The SMILES string of the molecule is CCN=c1scc(C)n1N=Cc1cn(-c2ccccc2)nc1-c1ccc2c(c1)OCCO2. The third kappa shape index (κ3) is 3.97. The molecule has 0 fully saturated rings. The van der Waals surface area contributed by atoms with Gasteiger partial charge in [0.2, 0.25) is 4.80 Å². The van der Waals surface area contributed by atoms with Gasteiger partial charge in [0.05, 0.1) is 17.6 Å². The molecular formula is C24H23N5O2S. The Kier molecular flexibility index (Phi) is 5.60. The molecule has 3 heterocycles. The first-order valence-electron chi connectivity index (χ1n) is 10.5. The van der Waals surface area contributed by atoms with E-state index < -0.39 is 0 Å². The van der Waals surface area contributed by atoms with Crippen molar-refractivity contribution in [2.75, 3.05) is 19.8 Å². The van der Waals surface area contributed by atoms with Crippen molar-refractivity contribution in [3.8, 4) is 28.4 Å². The third-order valence-electron chi connectivity index (χ3n) is 5.03. The summed E-state index contributed by atoms with van der Waals surface area (Å²) in [7, 11) is 0. The van der Waals surface area contributed by atoms with Crippen LogP contribution in [0, 0.1) is 6.92 Å². The van der Waals surface area contributed by atoms with Crippen molar-refractivity contribution in [1.29, 1.82) is 0 Å². The molecule has 0 saturated carbocycles. The molecule has 0 amide bonds. The standard InChI is InChI=1S/C24H23N5O2S/c1-3-25-24-29(17(2)16-32-24)26-14-19-15-28(20-7-5-4-6-8-20)27-23(19)18-9-10-21-22(13-18)31-12-11-30-21/h4-10,13-16H,3,11-12H2,1-2H3. The van der Waals surface area contributed by atoms with Gasteiger partial charge in [0.15, 0.2) is 11.5 Å². The van der Waals surface area contributed by atoms with Crippen LogP contribution in [0.25, 0.3) is 16.9 Å². The Morgan fingerprint density at radius 2 is 1.91 bits per heavy atom. The molecule has 2 aromatic heterocycles. The lowest BCUT2D eigenvalue weighted by Gasteiger charge is -2.18. The Bertz CT molecular complexity index is 1330. The molecule has 2 aromatic carbocycles. The van der Waals surface area contributed by atoms with E-state index in [1.165, 1.54) is 0 Å². The summed E-state index contributed by atoms with van der Waals surface area (Å²) in [6.45, 7) is 5.87. The average molecular weight is 446 g/mol. The van der Waals surface area contributed by atoms with Crippen molar-refractivity contribution in [3.05, 3.63) is 76.2 Å². The number of rotatable bonds is 5. The smallest absolute Gasteiger partial charge is 0.205 e. The molecule has 0 unspecified atom stereocenters. The number of aryl methyl sites for hydroxylation is 1. The maximum absolute atomic E-state index is 5.79. The molecule has 0 spiro atoms. The number of aromatic nitrogens is 3. The van der Waals surface area contributed by atoms with Crippen LogP contribution in [-0.4, -0.2) is 40.4 Å². The largest absolute Gasteiger partial charge is 0.486 e. The van der Waals surface area contributed by atoms with Crippen LogP contribution >= 0.6 is 11.3 Å². The van der Waals surface area contributed by atoms with Crippen LogP contribution in [0.15, 0.2) is 70.2 Å². The number of hydrogen-bond donors (Lipinski definition) is 0. The van der Waals surface area contributed by atoms with Crippen LogP contribution in [0.3, 0.4) is 0 Å². The van der Waals surface area contributed by atoms with Crippen molar-refractivity contribution in [2.45, 2.75) is 13.8 Å². The maximum Gasteiger partial charge on any atom is 0.205 e. The summed E-state index contributed by atoms with van der Waals surface area (Å²) < 4.78 is 15.2. The molecular weight excluding hydrogens is 422 g/mol. The molecule has 0 N–H and O–H groups in total. The maximum atomic E-state index is 5.79. The van der Waals surface area contributed by atoms with Gasteiger partial charge < -0.3 is 9.47 Å². The third-order valence-corrected chi connectivity index (χ3v) is 6.01. The topological polar surface area (TPSA) is 65.9 Å². The molecule has 0 radical (unpaired) electrons. The van der Waals surface area contributed by atoms with E-state index >= 15 is 0 Å². The second kappa shape index (κ2) is 8.84. The summed E-state index contributed by atoms with van der Waals surface area (Å²) in [4.78, 5) is 5.41. The van der Waals surface area contributed by atoms with Crippen molar-refractivity contribution in [3.63, 3.8) is 0 Å². The van der Waals surface area contributed by atoms with Crippen molar-refractivity contribution in [2.24, 2.45) is 10.1 Å². The number of fused-ring (bicyclic) bond motifs is 1. The van der Waals surface area contributed by atoms with Gasteiger partial charge in [-0.3, -0.25) is 4.99 Å². The molecule has 7 nitrogen and oxygen atoms in total. The lowest BCUT2D eigenvalue weighted by molar-refractivity contribution is 0.171. The van der Waals surface area contributed by atoms with Crippen molar-refractivity contribution in [1.82, 2.24) is 14.5 Å². The molecule has 1 aliphatic heterocycles. The van der Waals surface area contributed by atoms with Gasteiger partial charge in [0.25, 0.3) is 0 Å². The minimum atomic E-state index is 0.543.